The van der Waals surface area contributed by atoms with E-state index in [1.54, 1.807) is 0 Å². The molecule has 35 heavy (non-hydrogen) atoms. The molecule has 0 saturated heterocycles. The van der Waals surface area contributed by atoms with Crippen molar-refractivity contribution in [3.8, 4) is 28.5 Å². The van der Waals surface area contributed by atoms with Crippen LogP contribution in [0.15, 0.2) is 95.4 Å². The third-order valence-corrected chi connectivity index (χ3v) is 5.61. The number of hydrogen-bond donors (Lipinski definition) is 1. The highest BCUT2D eigenvalue weighted by molar-refractivity contribution is 5.97. The Labute approximate surface area is 203 Å². The fourth-order valence-corrected chi connectivity index (χ4v) is 3.92. The Kier molecular flexibility index (Phi) is 7.39. The molecule has 0 aliphatic heterocycles. The number of hydrogen-bond acceptors (Lipinski definition) is 5. The minimum atomic E-state index is -0.592. The Morgan fingerprint density at radius 2 is 1.49 bits per heavy atom. The number of ether oxygens (including phenoxy) is 1. The maximum Gasteiger partial charge on any atom is 0.313 e. The molecule has 4 aromatic rings. The number of rotatable bonds is 8. The molecule has 174 valence electrons. The summed E-state index contributed by atoms with van der Waals surface area (Å²) in [6.07, 6.45) is 0.544. The molecule has 0 aliphatic rings. The summed E-state index contributed by atoms with van der Waals surface area (Å²) in [5.41, 5.74) is 3.17. The van der Waals surface area contributed by atoms with Gasteiger partial charge in [0.2, 0.25) is 5.88 Å². The van der Waals surface area contributed by atoms with Crippen LogP contribution in [0, 0.1) is 11.3 Å². The van der Waals surface area contributed by atoms with Crippen LogP contribution in [0.4, 0.5) is 5.88 Å². The van der Waals surface area contributed by atoms with Gasteiger partial charge in [-0.1, -0.05) is 97.9 Å². The quantitative estimate of drug-likeness (QED) is 0.315. The maximum atomic E-state index is 12.7. The number of nitrogens with zero attached hydrogens (tertiary/aromatic N) is 1. The standard InChI is InChI=1S/C29H24N2O4/c1-2-23(20-12-6-3-7-13-20)29(33)34-19-25(32)31-28-24(18-30)26(21-14-8-4-9-15-21)27(35-28)22-16-10-5-11-17-22/h3-17,23H,2,19H2,1H3,(H,31,32)/t23-/m0/s1. The summed E-state index contributed by atoms with van der Waals surface area (Å²) in [5, 5.41) is 12.5. The van der Waals surface area contributed by atoms with Crippen molar-refractivity contribution in [1.82, 2.24) is 0 Å². The molecule has 0 bridgehead atoms. The van der Waals surface area contributed by atoms with Crippen LogP contribution < -0.4 is 5.32 Å². The van der Waals surface area contributed by atoms with Gasteiger partial charge in [0, 0.05) is 11.1 Å². The largest absolute Gasteiger partial charge is 0.455 e. The van der Waals surface area contributed by atoms with E-state index in [1.165, 1.54) is 0 Å². The number of nitrogens with one attached hydrogen (secondary N) is 1. The number of furan rings is 1. The predicted octanol–water partition coefficient (Wildman–Crippen LogP) is 6.16. The van der Waals surface area contributed by atoms with Crippen molar-refractivity contribution in [1.29, 1.82) is 5.26 Å². The molecule has 3 aromatic carbocycles. The summed E-state index contributed by atoms with van der Waals surface area (Å²) in [6.45, 7) is 1.40. The summed E-state index contributed by atoms with van der Waals surface area (Å²) in [6, 6.07) is 30.2. The third kappa shape index (κ3) is 5.31. The van der Waals surface area contributed by atoms with E-state index >= 15 is 0 Å². The Hall–Kier alpha value is -4.63. The normalized spacial score (nSPS) is 11.3. The van der Waals surface area contributed by atoms with E-state index < -0.39 is 24.4 Å². The zero-order valence-corrected chi connectivity index (χ0v) is 19.2. The van der Waals surface area contributed by atoms with Crippen molar-refractivity contribution in [3.05, 3.63) is 102 Å². The monoisotopic (exact) mass is 464 g/mol. The summed E-state index contributed by atoms with van der Waals surface area (Å²) >= 11 is 0. The van der Waals surface area contributed by atoms with E-state index in [0.717, 1.165) is 16.7 Å². The topological polar surface area (TPSA) is 92.3 Å². The Morgan fingerprint density at radius 1 is 0.914 bits per heavy atom. The first-order valence-electron chi connectivity index (χ1n) is 11.3. The average Bonchev–Trinajstić information content (AvgIpc) is 3.27. The van der Waals surface area contributed by atoms with Crippen LogP contribution in [-0.4, -0.2) is 18.5 Å². The van der Waals surface area contributed by atoms with Crippen molar-refractivity contribution in [2.24, 2.45) is 0 Å². The molecule has 1 amide bonds. The second-order valence-corrected chi connectivity index (χ2v) is 7.88. The lowest BCUT2D eigenvalue weighted by Gasteiger charge is -2.14. The van der Waals surface area contributed by atoms with Crippen LogP contribution in [0.1, 0.15) is 30.4 Å². The summed E-state index contributed by atoms with van der Waals surface area (Å²) in [4.78, 5) is 25.3. The number of carbonyl (C=O) groups is 2. The first kappa shape index (κ1) is 23.5. The van der Waals surface area contributed by atoms with Gasteiger partial charge in [-0.2, -0.15) is 5.26 Å². The van der Waals surface area contributed by atoms with E-state index in [9.17, 15) is 14.9 Å². The molecular weight excluding hydrogens is 440 g/mol. The van der Waals surface area contributed by atoms with Crippen LogP contribution in [-0.2, 0) is 14.3 Å². The fraction of sp³-hybridized carbons (Fsp3) is 0.138. The lowest BCUT2D eigenvalue weighted by Crippen LogP contribution is -2.24. The van der Waals surface area contributed by atoms with Gasteiger partial charge < -0.3 is 9.15 Å². The zero-order chi connectivity index (χ0) is 24.6. The number of carbonyl (C=O) groups excluding carboxylic acids is 2. The Morgan fingerprint density at radius 3 is 2.06 bits per heavy atom. The predicted molar refractivity (Wildman–Crippen MR) is 133 cm³/mol. The molecule has 1 aromatic heterocycles. The molecule has 4 rings (SSSR count). The average molecular weight is 465 g/mol. The minimum absolute atomic E-state index is 0.0151. The molecule has 0 radical (unpaired) electrons. The first-order valence-corrected chi connectivity index (χ1v) is 11.3. The molecule has 0 spiro atoms. The SMILES string of the molecule is CC[C@H](C(=O)OCC(=O)Nc1oc(-c2ccccc2)c(-c2ccccc2)c1C#N)c1ccccc1. The molecule has 6 heteroatoms. The first-order chi connectivity index (χ1) is 17.1. The van der Waals surface area contributed by atoms with Crippen LogP contribution in [0.5, 0.6) is 0 Å². The van der Waals surface area contributed by atoms with Gasteiger partial charge >= 0.3 is 5.97 Å². The van der Waals surface area contributed by atoms with Gasteiger partial charge in [-0.3, -0.25) is 14.9 Å². The number of nitriles is 1. The Balaban J connectivity index is 1.56. The second-order valence-electron chi connectivity index (χ2n) is 7.88. The van der Waals surface area contributed by atoms with Crippen molar-refractivity contribution >= 4 is 17.8 Å². The molecule has 1 heterocycles. The van der Waals surface area contributed by atoms with Gasteiger partial charge in [-0.25, -0.2) is 0 Å². The minimum Gasteiger partial charge on any atom is -0.455 e. The van der Waals surface area contributed by atoms with Crippen LogP contribution >= 0.6 is 0 Å². The highest BCUT2D eigenvalue weighted by atomic mass is 16.5. The lowest BCUT2D eigenvalue weighted by atomic mass is 9.97. The van der Waals surface area contributed by atoms with Crippen LogP contribution in [0.25, 0.3) is 22.5 Å². The number of esters is 1. The molecule has 1 atom stereocenters. The van der Waals surface area contributed by atoms with Crippen molar-refractivity contribution in [3.63, 3.8) is 0 Å². The van der Waals surface area contributed by atoms with E-state index in [2.05, 4.69) is 11.4 Å². The van der Waals surface area contributed by atoms with Crippen molar-refractivity contribution in [2.75, 3.05) is 11.9 Å². The van der Waals surface area contributed by atoms with Gasteiger partial charge in [0.1, 0.15) is 17.4 Å². The second kappa shape index (κ2) is 11.0. The Bertz CT molecular complexity index is 1340. The highest BCUT2D eigenvalue weighted by Gasteiger charge is 2.25. The van der Waals surface area contributed by atoms with Crippen LogP contribution in [0.2, 0.25) is 0 Å². The van der Waals surface area contributed by atoms with Gasteiger partial charge in [0.15, 0.2) is 6.61 Å². The number of anilines is 1. The zero-order valence-electron chi connectivity index (χ0n) is 19.2. The summed E-state index contributed by atoms with van der Waals surface area (Å²) in [7, 11) is 0. The third-order valence-electron chi connectivity index (χ3n) is 5.61. The summed E-state index contributed by atoms with van der Waals surface area (Å²) in [5.74, 6) is -1.05. The molecular formula is C29H24N2O4. The van der Waals surface area contributed by atoms with Gasteiger partial charge in [0.05, 0.1) is 5.92 Å². The lowest BCUT2D eigenvalue weighted by molar-refractivity contribution is -0.149. The maximum absolute atomic E-state index is 12.7. The van der Waals surface area contributed by atoms with Crippen LogP contribution in [0.3, 0.4) is 0 Å². The molecule has 6 nitrogen and oxygen atoms in total. The number of amides is 1. The van der Waals surface area contributed by atoms with E-state index in [4.69, 9.17) is 9.15 Å². The molecule has 0 unspecified atom stereocenters. The van der Waals surface area contributed by atoms with E-state index in [0.29, 0.717) is 17.7 Å². The van der Waals surface area contributed by atoms with Crippen molar-refractivity contribution in [2.45, 2.75) is 19.3 Å². The smallest absolute Gasteiger partial charge is 0.313 e. The highest BCUT2D eigenvalue weighted by Crippen LogP contribution is 2.41. The number of benzene rings is 3. The van der Waals surface area contributed by atoms with Gasteiger partial charge in [0.25, 0.3) is 5.91 Å². The van der Waals surface area contributed by atoms with Gasteiger partial charge in [-0.05, 0) is 17.5 Å². The fourth-order valence-electron chi connectivity index (χ4n) is 3.92. The molecule has 0 saturated carbocycles. The van der Waals surface area contributed by atoms with E-state index in [-0.39, 0.29) is 11.4 Å². The summed E-state index contributed by atoms with van der Waals surface area (Å²) < 4.78 is 11.3. The molecule has 1 N–H and O–H groups in total. The van der Waals surface area contributed by atoms with Gasteiger partial charge in [-0.15, -0.1) is 0 Å². The van der Waals surface area contributed by atoms with Crippen molar-refractivity contribution < 1.29 is 18.7 Å². The molecule has 0 fully saturated rings. The van der Waals surface area contributed by atoms with E-state index in [1.807, 2.05) is 97.9 Å². The molecule has 0 aliphatic carbocycles.